The van der Waals surface area contributed by atoms with Gasteiger partial charge in [-0.1, -0.05) is 48.5 Å². The summed E-state index contributed by atoms with van der Waals surface area (Å²) in [5.74, 6) is -0.344. The molecule has 3 heteroatoms. The van der Waals surface area contributed by atoms with Gasteiger partial charge < -0.3 is 4.74 Å². The van der Waals surface area contributed by atoms with Gasteiger partial charge in [-0.2, -0.15) is 0 Å². The standard InChI is InChI=1S/C18H13BrO2/c1-21-18(20)16-11-13(9-10-17(16)19)15-8-4-6-12-5-2-3-7-14(12)15/h2-11H,1H3. The molecule has 0 atom stereocenters. The van der Waals surface area contributed by atoms with Gasteiger partial charge in [-0.15, -0.1) is 0 Å². The van der Waals surface area contributed by atoms with E-state index >= 15 is 0 Å². The quantitative estimate of drug-likeness (QED) is 0.609. The van der Waals surface area contributed by atoms with Crippen LogP contribution in [0, 0.1) is 0 Å². The summed E-state index contributed by atoms with van der Waals surface area (Å²) >= 11 is 3.39. The van der Waals surface area contributed by atoms with Crippen LogP contribution in [0.15, 0.2) is 65.1 Å². The number of benzene rings is 3. The van der Waals surface area contributed by atoms with Gasteiger partial charge in [-0.3, -0.25) is 0 Å². The Hall–Kier alpha value is -2.13. The Bertz CT molecular complexity index is 819. The van der Waals surface area contributed by atoms with Crippen LogP contribution < -0.4 is 0 Å². The molecule has 0 aliphatic rings. The van der Waals surface area contributed by atoms with Crippen molar-refractivity contribution >= 4 is 32.7 Å². The van der Waals surface area contributed by atoms with Crippen molar-refractivity contribution in [1.29, 1.82) is 0 Å². The van der Waals surface area contributed by atoms with Crippen LogP contribution >= 0.6 is 15.9 Å². The highest BCUT2D eigenvalue weighted by Crippen LogP contribution is 2.31. The number of carbonyl (C=O) groups is 1. The van der Waals surface area contributed by atoms with Crippen molar-refractivity contribution < 1.29 is 9.53 Å². The van der Waals surface area contributed by atoms with E-state index in [9.17, 15) is 4.79 Å². The predicted octanol–water partition coefficient (Wildman–Crippen LogP) is 5.06. The van der Waals surface area contributed by atoms with Gasteiger partial charge in [0.05, 0.1) is 12.7 Å². The number of esters is 1. The van der Waals surface area contributed by atoms with E-state index in [1.165, 1.54) is 12.5 Å². The fraction of sp³-hybridized carbons (Fsp3) is 0.0556. The molecule has 104 valence electrons. The van der Waals surface area contributed by atoms with Crippen LogP contribution in [0.1, 0.15) is 10.4 Å². The third-order valence-electron chi connectivity index (χ3n) is 3.47. The van der Waals surface area contributed by atoms with Crippen molar-refractivity contribution in [2.75, 3.05) is 7.11 Å². The molecular formula is C18H13BrO2. The van der Waals surface area contributed by atoms with Crippen molar-refractivity contribution in [3.63, 3.8) is 0 Å². The van der Waals surface area contributed by atoms with Crippen molar-refractivity contribution in [2.24, 2.45) is 0 Å². The first-order chi connectivity index (χ1) is 10.2. The molecule has 3 aromatic carbocycles. The molecule has 0 amide bonds. The lowest BCUT2D eigenvalue weighted by atomic mass is 9.97. The lowest BCUT2D eigenvalue weighted by Gasteiger charge is -2.09. The molecule has 0 fully saturated rings. The number of ether oxygens (including phenoxy) is 1. The maximum atomic E-state index is 11.8. The molecule has 21 heavy (non-hydrogen) atoms. The van der Waals surface area contributed by atoms with Crippen LogP contribution in [0.5, 0.6) is 0 Å². The molecule has 0 saturated carbocycles. The summed E-state index contributed by atoms with van der Waals surface area (Å²) in [7, 11) is 1.39. The molecule has 0 unspecified atom stereocenters. The van der Waals surface area contributed by atoms with E-state index in [4.69, 9.17) is 4.74 Å². The van der Waals surface area contributed by atoms with Crippen molar-refractivity contribution in [2.45, 2.75) is 0 Å². The topological polar surface area (TPSA) is 26.3 Å². The van der Waals surface area contributed by atoms with Gasteiger partial charge in [-0.05, 0) is 50.0 Å². The summed E-state index contributed by atoms with van der Waals surface area (Å²) in [5.41, 5.74) is 2.63. The molecule has 3 aromatic rings. The average molecular weight is 341 g/mol. The zero-order chi connectivity index (χ0) is 14.8. The summed E-state index contributed by atoms with van der Waals surface area (Å²) < 4.78 is 5.56. The van der Waals surface area contributed by atoms with E-state index in [-0.39, 0.29) is 5.97 Å². The van der Waals surface area contributed by atoms with Crippen LogP contribution in [-0.4, -0.2) is 13.1 Å². The van der Waals surface area contributed by atoms with Gasteiger partial charge in [0.15, 0.2) is 0 Å². The van der Waals surface area contributed by atoms with Crippen LogP contribution in [0.3, 0.4) is 0 Å². The summed E-state index contributed by atoms with van der Waals surface area (Å²) in [6.07, 6.45) is 0. The largest absolute Gasteiger partial charge is 0.465 e. The molecule has 0 heterocycles. The van der Waals surface area contributed by atoms with Gasteiger partial charge in [0.2, 0.25) is 0 Å². The number of methoxy groups -OCH3 is 1. The van der Waals surface area contributed by atoms with Crippen LogP contribution in [0.4, 0.5) is 0 Å². The van der Waals surface area contributed by atoms with E-state index in [1.807, 2.05) is 36.4 Å². The minimum Gasteiger partial charge on any atom is -0.465 e. The Labute approximate surface area is 131 Å². The van der Waals surface area contributed by atoms with Crippen LogP contribution in [0.25, 0.3) is 21.9 Å². The summed E-state index contributed by atoms with van der Waals surface area (Å²) in [6.45, 7) is 0. The zero-order valence-corrected chi connectivity index (χ0v) is 13.1. The van der Waals surface area contributed by atoms with Gasteiger partial charge in [0.25, 0.3) is 0 Å². The Morgan fingerprint density at radius 1 is 1.00 bits per heavy atom. The minimum atomic E-state index is -0.344. The molecule has 0 saturated heterocycles. The summed E-state index contributed by atoms with van der Waals surface area (Å²) in [4.78, 5) is 11.8. The number of carbonyl (C=O) groups excluding carboxylic acids is 1. The Balaban J connectivity index is 2.22. The Morgan fingerprint density at radius 3 is 2.57 bits per heavy atom. The van der Waals surface area contributed by atoms with Gasteiger partial charge in [0, 0.05) is 4.47 Å². The Kier molecular flexibility index (Phi) is 3.76. The second-order valence-electron chi connectivity index (χ2n) is 4.71. The van der Waals surface area contributed by atoms with Crippen molar-refractivity contribution in [1.82, 2.24) is 0 Å². The minimum absolute atomic E-state index is 0.344. The highest BCUT2D eigenvalue weighted by Gasteiger charge is 2.12. The van der Waals surface area contributed by atoms with E-state index in [0.717, 1.165) is 21.0 Å². The molecule has 3 rings (SSSR count). The third-order valence-corrected chi connectivity index (χ3v) is 4.16. The van der Waals surface area contributed by atoms with E-state index in [0.29, 0.717) is 5.56 Å². The van der Waals surface area contributed by atoms with E-state index in [2.05, 4.69) is 40.2 Å². The molecule has 0 aromatic heterocycles. The van der Waals surface area contributed by atoms with E-state index in [1.54, 1.807) is 0 Å². The molecule has 0 aliphatic heterocycles. The summed E-state index contributed by atoms with van der Waals surface area (Å²) in [5, 5.41) is 2.34. The van der Waals surface area contributed by atoms with E-state index < -0.39 is 0 Å². The van der Waals surface area contributed by atoms with Crippen molar-refractivity contribution in [3.05, 3.63) is 70.7 Å². The first-order valence-electron chi connectivity index (χ1n) is 6.56. The Morgan fingerprint density at radius 2 is 1.76 bits per heavy atom. The highest BCUT2D eigenvalue weighted by molar-refractivity contribution is 9.10. The SMILES string of the molecule is COC(=O)c1cc(-c2cccc3ccccc23)ccc1Br. The molecular weight excluding hydrogens is 328 g/mol. The van der Waals surface area contributed by atoms with Crippen LogP contribution in [0.2, 0.25) is 0 Å². The maximum absolute atomic E-state index is 11.8. The van der Waals surface area contributed by atoms with Crippen molar-refractivity contribution in [3.8, 4) is 11.1 Å². The molecule has 2 nitrogen and oxygen atoms in total. The maximum Gasteiger partial charge on any atom is 0.339 e. The first-order valence-corrected chi connectivity index (χ1v) is 7.36. The fourth-order valence-electron chi connectivity index (χ4n) is 2.44. The monoisotopic (exact) mass is 340 g/mol. The summed E-state index contributed by atoms with van der Waals surface area (Å²) in [6, 6.07) is 20.1. The second kappa shape index (κ2) is 5.70. The van der Waals surface area contributed by atoms with Gasteiger partial charge in [-0.25, -0.2) is 4.79 Å². The molecule has 0 spiro atoms. The highest BCUT2D eigenvalue weighted by atomic mass is 79.9. The molecule has 0 N–H and O–H groups in total. The zero-order valence-electron chi connectivity index (χ0n) is 11.5. The number of hydrogen-bond donors (Lipinski definition) is 0. The molecule has 0 bridgehead atoms. The van der Waals surface area contributed by atoms with Crippen LogP contribution in [-0.2, 0) is 4.74 Å². The number of fused-ring (bicyclic) bond motifs is 1. The lowest BCUT2D eigenvalue weighted by Crippen LogP contribution is -2.02. The third kappa shape index (κ3) is 2.57. The average Bonchev–Trinajstić information content (AvgIpc) is 2.54. The lowest BCUT2D eigenvalue weighted by molar-refractivity contribution is 0.0599. The number of hydrogen-bond acceptors (Lipinski definition) is 2. The first kappa shape index (κ1) is 13.8. The second-order valence-corrected chi connectivity index (χ2v) is 5.57. The molecule has 0 aliphatic carbocycles. The fourth-order valence-corrected chi connectivity index (χ4v) is 2.84. The molecule has 0 radical (unpaired) electrons. The van der Waals surface area contributed by atoms with Gasteiger partial charge in [0.1, 0.15) is 0 Å². The van der Waals surface area contributed by atoms with Gasteiger partial charge >= 0.3 is 5.97 Å². The predicted molar refractivity (Wildman–Crippen MR) is 88.4 cm³/mol. The number of halogens is 1. The smallest absolute Gasteiger partial charge is 0.339 e. The number of rotatable bonds is 2. The normalized spacial score (nSPS) is 10.6.